The van der Waals surface area contributed by atoms with Gasteiger partial charge in [0.05, 0.1) is 35.5 Å². The van der Waals surface area contributed by atoms with Gasteiger partial charge in [0.15, 0.2) is 0 Å². The molecule has 0 saturated heterocycles. The highest BCUT2D eigenvalue weighted by molar-refractivity contribution is 7.85. The summed E-state index contributed by atoms with van der Waals surface area (Å²) in [6, 6.07) is 2.70. The molecular weight excluding hydrogens is 480 g/mol. The molecule has 0 aromatic heterocycles. The third-order valence-corrected chi connectivity index (χ3v) is 1.67. The minimum absolute atomic E-state index is 0.368. The third kappa shape index (κ3) is 33.0. The highest BCUT2D eigenvalue weighted by atomic mass is 32.2. The maximum absolute atomic E-state index is 10.6. The Morgan fingerprint density at radius 2 is 0.633 bits per heavy atom. The van der Waals surface area contributed by atoms with Crippen LogP contribution in [0.2, 0.25) is 0 Å². The van der Waals surface area contributed by atoms with Crippen molar-refractivity contribution in [3.63, 3.8) is 0 Å². The summed E-state index contributed by atoms with van der Waals surface area (Å²) in [6.45, 7) is 0. The van der Waals surface area contributed by atoms with E-state index < -0.39 is 48.3 Å². The van der Waals surface area contributed by atoms with Crippen molar-refractivity contribution >= 4 is 48.3 Å². The van der Waals surface area contributed by atoms with Gasteiger partial charge in [-0.2, -0.15) is 25.3 Å². The predicted molar refractivity (Wildman–Crippen MR) is 99.7 cm³/mol. The van der Waals surface area contributed by atoms with E-state index in [9.17, 15) is 39.6 Å². The fourth-order valence-electron chi connectivity index (χ4n) is 0.998. The molecule has 0 aliphatic rings. The summed E-state index contributed by atoms with van der Waals surface area (Å²) in [7, 11) is -11.0. The van der Waals surface area contributed by atoms with E-state index in [1.165, 1.54) is 0 Å². The number of carbonyl (C=O) groups is 3. The molecule has 0 spiro atoms. The molecule has 0 radical (unpaired) electrons. The van der Waals surface area contributed by atoms with Gasteiger partial charge in [-0.05, 0) is 18.2 Å². The van der Waals surface area contributed by atoms with Crippen molar-refractivity contribution in [1.29, 1.82) is 0 Å². The predicted octanol–water partition coefficient (Wildman–Crippen LogP) is -0.707. The SMILES string of the molecule is CS(=O)(=O)O.CS(=O)(=O)O.CS(=O)(=O)O.O=C(O)c1cc(C(=O)O)cc(C(=O)O)c1. The lowest BCUT2D eigenvalue weighted by atomic mass is 10.1. The molecule has 0 saturated carbocycles. The number of hydrogen-bond donors (Lipinski definition) is 6. The van der Waals surface area contributed by atoms with Crippen LogP contribution in [-0.4, -0.2) is 90.9 Å². The second-order valence-corrected chi connectivity index (χ2v) is 9.31. The second kappa shape index (κ2) is 12.8. The summed E-state index contributed by atoms with van der Waals surface area (Å²) in [5.41, 5.74) is -1.10. The summed E-state index contributed by atoms with van der Waals surface area (Å²) in [5, 5.41) is 25.8. The van der Waals surface area contributed by atoms with Crippen LogP contribution in [0, 0.1) is 0 Å². The molecule has 0 heterocycles. The van der Waals surface area contributed by atoms with Crippen LogP contribution in [0.3, 0.4) is 0 Å². The van der Waals surface area contributed by atoms with Crippen molar-refractivity contribution in [2.45, 2.75) is 0 Å². The molecule has 1 rings (SSSR count). The van der Waals surface area contributed by atoms with Crippen molar-refractivity contribution in [2.24, 2.45) is 0 Å². The minimum atomic E-state index is -3.67. The van der Waals surface area contributed by atoms with E-state index in [0.29, 0.717) is 18.8 Å². The minimum Gasteiger partial charge on any atom is -0.478 e. The van der Waals surface area contributed by atoms with Gasteiger partial charge in [-0.15, -0.1) is 0 Å². The van der Waals surface area contributed by atoms with Crippen LogP contribution in [0.25, 0.3) is 0 Å². The first-order valence-corrected chi connectivity index (χ1v) is 12.1. The number of hydrogen-bond acceptors (Lipinski definition) is 9. The number of aromatic carboxylic acids is 3. The molecule has 30 heavy (non-hydrogen) atoms. The average molecular weight is 498 g/mol. The smallest absolute Gasteiger partial charge is 0.335 e. The van der Waals surface area contributed by atoms with Gasteiger partial charge in [-0.25, -0.2) is 14.4 Å². The fraction of sp³-hybridized carbons (Fsp3) is 0.250. The maximum Gasteiger partial charge on any atom is 0.335 e. The molecule has 0 unspecified atom stereocenters. The van der Waals surface area contributed by atoms with Gasteiger partial charge in [0.1, 0.15) is 0 Å². The van der Waals surface area contributed by atoms with Gasteiger partial charge in [0.2, 0.25) is 0 Å². The molecular formula is C12H18O15S3. The fourth-order valence-corrected chi connectivity index (χ4v) is 0.998. The molecule has 1 aromatic rings. The van der Waals surface area contributed by atoms with E-state index in [2.05, 4.69) is 0 Å². The Labute approximate surface area is 170 Å². The lowest BCUT2D eigenvalue weighted by Crippen LogP contribution is -2.07. The van der Waals surface area contributed by atoms with Gasteiger partial charge >= 0.3 is 17.9 Å². The summed E-state index contributed by atoms with van der Waals surface area (Å²) in [5.74, 6) is -4.12. The molecule has 15 nitrogen and oxygen atoms in total. The van der Waals surface area contributed by atoms with Crippen LogP contribution in [0.15, 0.2) is 18.2 Å². The molecule has 0 amide bonds. The second-order valence-electron chi connectivity index (χ2n) is 4.91. The standard InChI is InChI=1S/C9H6O6.3CH4O3S/c10-7(11)4-1-5(8(12)13)3-6(2-4)9(14)15;3*1-5(2,3)4/h1-3H,(H,10,11)(H,12,13)(H,14,15);3*1H3,(H,2,3,4). The highest BCUT2D eigenvalue weighted by Crippen LogP contribution is 2.11. The molecule has 0 atom stereocenters. The number of rotatable bonds is 3. The Morgan fingerprint density at radius 3 is 0.700 bits per heavy atom. The van der Waals surface area contributed by atoms with Gasteiger partial charge in [-0.3, -0.25) is 13.7 Å². The molecule has 1 aromatic carbocycles. The van der Waals surface area contributed by atoms with Crippen molar-refractivity contribution in [3.8, 4) is 0 Å². The first kappa shape index (κ1) is 32.0. The molecule has 0 fully saturated rings. The van der Waals surface area contributed by atoms with Crippen molar-refractivity contribution in [3.05, 3.63) is 34.9 Å². The number of carboxylic acids is 3. The first-order valence-electron chi connectivity index (χ1n) is 6.54. The Hall–Kier alpha value is -2.64. The van der Waals surface area contributed by atoms with E-state index >= 15 is 0 Å². The third-order valence-electron chi connectivity index (χ3n) is 1.67. The quantitative estimate of drug-likeness (QED) is 0.281. The van der Waals surface area contributed by atoms with Crippen LogP contribution in [0.5, 0.6) is 0 Å². The van der Waals surface area contributed by atoms with Crippen LogP contribution >= 0.6 is 0 Å². The lowest BCUT2D eigenvalue weighted by molar-refractivity contribution is 0.0696. The first-order chi connectivity index (χ1) is 12.9. The normalized spacial score (nSPS) is 10.6. The van der Waals surface area contributed by atoms with Crippen molar-refractivity contribution < 1.29 is 68.6 Å². The Kier molecular flexibility index (Phi) is 13.7. The zero-order chi connectivity index (χ0) is 25.1. The van der Waals surface area contributed by atoms with E-state index in [1.54, 1.807) is 0 Å². The van der Waals surface area contributed by atoms with Gasteiger partial charge in [0.25, 0.3) is 30.4 Å². The summed E-state index contributed by atoms with van der Waals surface area (Å²) >= 11 is 0. The summed E-state index contributed by atoms with van der Waals surface area (Å²) < 4.78 is 77.6. The Bertz CT molecular complexity index is 892. The van der Waals surface area contributed by atoms with Crippen LogP contribution in [-0.2, 0) is 30.4 Å². The Morgan fingerprint density at radius 1 is 0.533 bits per heavy atom. The lowest BCUT2D eigenvalue weighted by Gasteiger charge is -2.00. The summed E-state index contributed by atoms with van der Waals surface area (Å²) in [6.07, 6.45) is 2.15. The molecule has 0 aliphatic carbocycles. The monoisotopic (exact) mass is 498 g/mol. The van der Waals surface area contributed by atoms with E-state index in [-0.39, 0.29) is 16.7 Å². The van der Waals surface area contributed by atoms with Crippen LogP contribution in [0.1, 0.15) is 31.1 Å². The zero-order valence-electron chi connectivity index (χ0n) is 15.3. The highest BCUT2D eigenvalue weighted by Gasteiger charge is 2.14. The van der Waals surface area contributed by atoms with Crippen LogP contribution in [0.4, 0.5) is 0 Å². The zero-order valence-corrected chi connectivity index (χ0v) is 17.8. The molecule has 174 valence electrons. The molecule has 18 heteroatoms. The molecule has 0 bridgehead atoms. The van der Waals surface area contributed by atoms with Crippen molar-refractivity contribution in [2.75, 3.05) is 18.8 Å². The molecule has 0 aliphatic heterocycles. The van der Waals surface area contributed by atoms with Gasteiger partial charge in [0, 0.05) is 0 Å². The maximum atomic E-state index is 10.6. The van der Waals surface area contributed by atoms with Gasteiger partial charge < -0.3 is 15.3 Å². The largest absolute Gasteiger partial charge is 0.478 e. The topological polar surface area (TPSA) is 275 Å². The molecule has 6 N–H and O–H groups in total. The van der Waals surface area contributed by atoms with E-state index in [1.807, 2.05) is 0 Å². The van der Waals surface area contributed by atoms with E-state index in [0.717, 1.165) is 18.2 Å². The number of carboxylic acid groups (broad SMARTS) is 3. The van der Waals surface area contributed by atoms with Crippen LogP contribution < -0.4 is 0 Å². The van der Waals surface area contributed by atoms with Gasteiger partial charge in [-0.1, -0.05) is 0 Å². The average Bonchev–Trinajstić information content (AvgIpc) is 2.41. The van der Waals surface area contributed by atoms with Crippen molar-refractivity contribution in [1.82, 2.24) is 0 Å². The summed E-state index contributed by atoms with van der Waals surface area (Å²) in [4.78, 5) is 31.7. The Balaban J connectivity index is -0.000000400. The number of benzene rings is 1. The van der Waals surface area contributed by atoms with E-state index in [4.69, 9.17) is 29.0 Å².